The molecule has 0 radical (unpaired) electrons. The lowest BCUT2D eigenvalue weighted by atomic mass is 9.70. The number of halogens is 3. The lowest BCUT2D eigenvalue weighted by Crippen LogP contribution is -2.59. The van der Waals surface area contributed by atoms with Gasteiger partial charge in [0.05, 0.1) is 12.7 Å². The number of fused-ring (bicyclic) bond motifs is 2. The van der Waals surface area contributed by atoms with Crippen molar-refractivity contribution in [3.8, 4) is 0 Å². The third-order valence-corrected chi connectivity index (χ3v) is 7.09. The summed E-state index contributed by atoms with van der Waals surface area (Å²) in [7, 11) is 0. The van der Waals surface area contributed by atoms with Crippen LogP contribution in [0.3, 0.4) is 0 Å². The summed E-state index contributed by atoms with van der Waals surface area (Å²) in [5.41, 5.74) is 0. The van der Waals surface area contributed by atoms with Crippen molar-refractivity contribution in [1.29, 1.82) is 0 Å². The minimum atomic E-state index is -4.42. The normalized spacial score (nSPS) is 43.0. The van der Waals surface area contributed by atoms with Crippen molar-refractivity contribution in [2.75, 3.05) is 13.2 Å². The molecule has 8 unspecified atom stereocenters. The Labute approximate surface area is 167 Å². The molecule has 6 nitrogen and oxygen atoms in total. The highest BCUT2D eigenvalue weighted by atomic mass is 19.4. The molecule has 0 aromatic heterocycles. The number of aliphatic hydroxyl groups excluding tert-OH is 1. The number of nitrogens with one attached hydrogen (secondary N) is 1. The Bertz CT molecular complexity index is 636. The van der Waals surface area contributed by atoms with E-state index in [-0.39, 0.29) is 37.1 Å². The van der Waals surface area contributed by atoms with Crippen molar-refractivity contribution in [3.05, 3.63) is 0 Å². The van der Waals surface area contributed by atoms with Crippen LogP contribution in [0.2, 0.25) is 0 Å². The van der Waals surface area contributed by atoms with Crippen LogP contribution in [-0.4, -0.2) is 60.5 Å². The minimum absolute atomic E-state index is 0.0153. The predicted octanol–water partition coefficient (Wildman–Crippen LogP) is 1.98. The maximum Gasteiger partial charge on any atom is 0.403 e. The van der Waals surface area contributed by atoms with Crippen LogP contribution in [0.25, 0.3) is 0 Å². The summed E-state index contributed by atoms with van der Waals surface area (Å²) in [6.07, 6.45) is -2.67. The van der Waals surface area contributed by atoms with Gasteiger partial charge in [0, 0.05) is 30.9 Å². The Hall–Kier alpha value is -1.03. The van der Waals surface area contributed by atoms with Crippen LogP contribution < -0.4 is 5.32 Å². The monoisotopic (exact) mass is 419 g/mol. The maximum atomic E-state index is 13.3. The van der Waals surface area contributed by atoms with Crippen molar-refractivity contribution in [2.24, 2.45) is 23.7 Å². The Morgan fingerprint density at radius 3 is 2.69 bits per heavy atom. The SMILES string of the molecule is O=C1C2CCC(C2)C(O)C1C(=O)C1CCC(C(F)(F)F)NC1COC1CCCO1. The lowest BCUT2D eigenvalue weighted by Gasteiger charge is -2.40. The molecule has 8 atom stereocenters. The number of rotatable bonds is 5. The summed E-state index contributed by atoms with van der Waals surface area (Å²) in [6.45, 7) is 0.444. The second-order valence-corrected chi connectivity index (χ2v) is 8.87. The average Bonchev–Trinajstić information content (AvgIpc) is 3.35. The molecule has 2 saturated heterocycles. The number of carbonyl (C=O) groups is 2. The number of hydrogen-bond acceptors (Lipinski definition) is 6. The van der Waals surface area contributed by atoms with Gasteiger partial charge in [0.25, 0.3) is 0 Å². The highest BCUT2D eigenvalue weighted by Crippen LogP contribution is 2.44. The van der Waals surface area contributed by atoms with Crippen molar-refractivity contribution in [2.45, 2.75) is 75.6 Å². The summed E-state index contributed by atoms with van der Waals surface area (Å²) in [5, 5.41) is 13.1. The van der Waals surface area contributed by atoms with Crippen LogP contribution in [0.5, 0.6) is 0 Å². The van der Waals surface area contributed by atoms with Gasteiger partial charge in [-0.1, -0.05) is 0 Å². The zero-order valence-electron chi connectivity index (χ0n) is 16.2. The quantitative estimate of drug-likeness (QED) is 0.663. The average molecular weight is 419 g/mol. The Morgan fingerprint density at radius 1 is 1.21 bits per heavy atom. The van der Waals surface area contributed by atoms with Crippen LogP contribution in [0.15, 0.2) is 0 Å². The number of carbonyl (C=O) groups excluding carboxylic acids is 2. The molecule has 0 aromatic rings. The molecule has 4 aliphatic rings. The van der Waals surface area contributed by atoms with Crippen LogP contribution in [0.1, 0.15) is 44.9 Å². The summed E-state index contributed by atoms with van der Waals surface area (Å²) < 4.78 is 50.8. The van der Waals surface area contributed by atoms with E-state index in [1.807, 2.05) is 0 Å². The zero-order chi connectivity index (χ0) is 20.8. The molecule has 2 heterocycles. The van der Waals surface area contributed by atoms with Gasteiger partial charge in [-0.25, -0.2) is 0 Å². The summed E-state index contributed by atoms with van der Waals surface area (Å²) in [6, 6.07) is -2.58. The van der Waals surface area contributed by atoms with E-state index in [2.05, 4.69) is 5.32 Å². The molecular formula is C20H28F3NO5. The van der Waals surface area contributed by atoms with E-state index >= 15 is 0 Å². The molecule has 29 heavy (non-hydrogen) atoms. The van der Waals surface area contributed by atoms with Crippen molar-refractivity contribution in [1.82, 2.24) is 5.32 Å². The molecule has 2 bridgehead atoms. The molecule has 4 fully saturated rings. The molecule has 9 heteroatoms. The predicted molar refractivity (Wildman–Crippen MR) is 94.8 cm³/mol. The summed E-state index contributed by atoms with van der Waals surface area (Å²) in [5.74, 6) is -2.89. The second kappa shape index (κ2) is 8.24. The summed E-state index contributed by atoms with van der Waals surface area (Å²) in [4.78, 5) is 26.0. The van der Waals surface area contributed by atoms with E-state index < -0.39 is 48.3 Å². The van der Waals surface area contributed by atoms with Crippen LogP contribution >= 0.6 is 0 Å². The van der Waals surface area contributed by atoms with E-state index in [9.17, 15) is 27.9 Å². The highest BCUT2D eigenvalue weighted by molar-refractivity contribution is 6.06. The second-order valence-electron chi connectivity index (χ2n) is 8.87. The van der Waals surface area contributed by atoms with Gasteiger partial charge in [0.1, 0.15) is 17.7 Å². The first-order valence-electron chi connectivity index (χ1n) is 10.6. The van der Waals surface area contributed by atoms with Crippen LogP contribution in [0, 0.1) is 23.7 Å². The first kappa shape index (κ1) is 21.2. The fraction of sp³-hybridized carbons (Fsp3) is 0.900. The number of hydrogen-bond donors (Lipinski definition) is 2. The van der Waals surface area contributed by atoms with Crippen LogP contribution in [0.4, 0.5) is 13.2 Å². The maximum absolute atomic E-state index is 13.3. The van der Waals surface area contributed by atoms with Crippen LogP contribution in [-0.2, 0) is 19.1 Å². The number of Topliss-reactive ketones (excluding diaryl/α,β-unsaturated/α-hetero) is 2. The Kier molecular flexibility index (Phi) is 6.03. The van der Waals surface area contributed by atoms with Crippen molar-refractivity contribution >= 4 is 11.6 Å². The van der Waals surface area contributed by atoms with Crippen molar-refractivity contribution in [3.63, 3.8) is 0 Å². The van der Waals surface area contributed by atoms with Gasteiger partial charge < -0.3 is 19.9 Å². The Morgan fingerprint density at radius 2 is 2.00 bits per heavy atom. The number of piperidine rings is 1. The molecule has 0 amide bonds. The van der Waals surface area contributed by atoms with Gasteiger partial charge in [-0.2, -0.15) is 13.2 Å². The molecule has 2 saturated carbocycles. The van der Waals surface area contributed by atoms with Gasteiger partial charge in [0.2, 0.25) is 0 Å². The van der Waals surface area contributed by atoms with E-state index in [4.69, 9.17) is 9.47 Å². The molecule has 0 aromatic carbocycles. The van der Waals surface area contributed by atoms with E-state index in [0.717, 1.165) is 6.42 Å². The minimum Gasteiger partial charge on any atom is -0.392 e. The van der Waals surface area contributed by atoms with E-state index in [0.29, 0.717) is 32.3 Å². The molecular weight excluding hydrogens is 391 g/mol. The van der Waals surface area contributed by atoms with E-state index in [1.165, 1.54) is 0 Å². The molecule has 0 spiro atoms. The third kappa shape index (κ3) is 4.24. The number of alkyl halides is 3. The zero-order valence-corrected chi connectivity index (χ0v) is 16.2. The lowest BCUT2D eigenvalue weighted by molar-refractivity contribution is -0.176. The van der Waals surface area contributed by atoms with Crippen molar-refractivity contribution < 1.29 is 37.3 Å². The van der Waals surface area contributed by atoms with Gasteiger partial charge in [-0.15, -0.1) is 0 Å². The molecule has 164 valence electrons. The largest absolute Gasteiger partial charge is 0.403 e. The van der Waals surface area contributed by atoms with E-state index in [1.54, 1.807) is 0 Å². The third-order valence-electron chi connectivity index (χ3n) is 7.09. The topological polar surface area (TPSA) is 84.9 Å². The molecule has 2 aliphatic heterocycles. The first-order valence-corrected chi connectivity index (χ1v) is 10.6. The standard InChI is InChI=1S/C20H28F3NO5/c21-20(22,23)14-6-5-12(13(24-14)9-29-15-2-1-7-28-15)19(27)16-17(25)10-3-4-11(8-10)18(16)26/h10-17,24-25H,1-9H2. The smallest absolute Gasteiger partial charge is 0.392 e. The van der Waals surface area contributed by atoms with Gasteiger partial charge >= 0.3 is 6.18 Å². The van der Waals surface area contributed by atoms with Gasteiger partial charge in [-0.05, 0) is 44.4 Å². The van der Waals surface area contributed by atoms with Gasteiger partial charge in [-0.3, -0.25) is 9.59 Å². The Balaban J connectivity index is 1.49. The first-order chi connectivity index (χ1) is 13.8. The number of ether oxygens (including phenoxy) is 2. The summed E-state index contributed by atoms with van der Waals surface area (Å²) >= 11 is 0. The number of ketones is 2. The molecule has 2 aliphatic carbocycles. The highest BCUT2D eigenvalue weighted by Gasteiger charge is 2.53. The fourth-order valence-electron chi connectivity index (χ4n) is 5.48. The van der Waals surface area contributed by atoms with Gasteiger partial charge in [0.15, 0.2) is 12.1 Å². The molecule has 2 N–H and O–H groups in total. The fourth-order valence-corrected chi connectivity index (χ4v) is 5.48. The molecule has 4 rings (SSSR count). The number of aliphatic hydroxyl groups is 1.